The zero-order valence-corrected chi connectivity index (χ0v) is 16.1. The number of nitrogens with one attached hydrogen (secondary N) is 1. The van der Waals surface area contributed by atoms with Crippen molar-refractivity contribution in [3.8, 4) is 11.3 Å². The lowest BCUT2D eigenvalue weighted by Crippen LogP contribution is -2.27. The molecule has 4 heterocycles. The van der Waals surface area contributed by atoms with Crippen molar-refractivity contribution in [1.29, 1.82) is 0 Å². The molecule has 5 rings (SSSR count). The second-order valence-electron chi connectivity index (χ2n) is 7.34. The number of fused-ring (bicyclic) bond motifs is 1. The van der Waals surface area contributed by atoms with Crippen LogP contribution in [0.3, 0.4) is 0 Å². The first kappa shape index (κ1) is 17.6. The number of hydrogen-bond donors (Lipinski definition) is 1. The highest BCUT2D eigenvalue weighted by Crippen LogP contribution is 2.28. The fraction of sp³-hybridized carbons (Fsp3) is 0.227. The maximum absolute atomic E-state index is 13.3. The summed E-state index contributed by atoms with van der Waals surface area (Å²) in [6.45, 7) is 3.27. The third kappa shape index (κ3) is 3.40. The topological polar surface area (TPSA) is 58.4 Å². The molecule has 1 atom stereocenters. The molecule has 0 amide bonds. The van der Waals surface area contributed by atoms with Crippen molar-refractivity contribution in [2.45, 2.75) is 25.8 Å². The summed E-state index contributed by atoms with van der Waals surface area (Å²) in [6, 6.07) is 14.7. The number of hydrogen-bond acceptors (Lipinski definition) is 5. The molecule has 0 spiro atoms. The van der Waals surface area contributed by atoms with Gasteiger partial charge in [-0.05, 0) is 62.2 Å². The van der Waals surface area contributed by atoms with Crippen molar-refractivity contribution in [3.05, 3.63) is 66.7 Å². The van der Waals surface area contributed by atoms with Crippen LogP contribution in [0.25, 0.3) is 16.9 Å². The molecule has 146 valence electrons. The van der Waals surface area contributed by atoms with E-state index in [4.69, 9.17) is 4.98 Å². The number of rotatable bonds is 4. The van der Waals surface area contributed by atoms with Gasteiger partial charge in [0.25, 0.3) is 0 Å². The van der Waals surface area contributed by atoms with Gasteiger partial charge in [0.15, 0.2) is 5.65 Å². The van der Waals surface area contributed by atoms with Crippen LogP contribution in [0.2, 0.25) is 0 Å². The fourth-order valence-electron chi connectivity index (χ4n) is 3.83. The SMILES string of the molecule is CC1CCCN1c1cccc(Nc2cc(-c3ccc(F)cc3)nn3ccnc23)n1. The van der Waals surface area contributed by atoms with Crippen LogP contribution >= 0.6 is 0 Å². The standard InChI is InChI=1S/C22H21FN6/c1-15-4-3-12-28(15)21-6-2-5-20(26-21)25-19-14-18(16-7-9-17(23)10-8-16)27-29-13-11-24-22(19)29/h2,5-11,13-15H,3-4,12H2,1H3,(H,25,26). The summed E-state index contributed by atoms with van der Waals surface area (Å²) in [5.41, 5.74) is 3.06. The molecule has 1 aliphatic heterocycles. The largest absolute Gasteiger partial charge is 0.354 e. The van der Waals surface area contributed by atoms with Gasteiger partial charge in [0.05, 0.1) is 11.4 Å². The molecule has 1 aliphatic rings. The third-order valence-electron chi connectivity index (χ3n) is 5.34. The second-order valence-corrected chi connectivity index (χ2v) is 7.34. The number of anilines is 3. The zero-order chi connectivity index (χ0) is 19.8. The van der Waals surface area contributed by atoms with Gasteiger partial charge in [-0.15, -0.1) is 0 Å². The van der Waals surface area contributed by atoms with Gasteiger partial charge in [0.2, 0.25) is 0 Å². The van der Waals surface area contributed by atoms with Gasteiger partial charge >= 0.3 is 0 Å². The molecule has 1 N–H and O–H groups in total. The van der Waals surface area contributed by atoms with E-state index in [9.17, 15) is 4.39 Å². The van der Waals surface area contributed by atoms with Crippen molar-refractivity contribution in [2.75, 3.05) is 16.8 Å². The molecule has 1 fully saturated rings. The van der Waals surface area contributed by atoms with E-state index in [2.05, 4.69) is 33.3 Å². The summed E-state index contributed by atoms with van der Waals surface area (Å²) in [6.07, 6.45) is 5.89. The van der Waals surface area contributed by atoms with Crippen LogP contribution in [0.4, 0.5) is 21.7 Å². The quantitative estimate of drug-likeness (QED) is 0.551. The first-order chi connectivity index (χ1) is 14.2. The fourth-order valence-corrected chi connectivity index (χ4v) is 3.83. The van der Waals surface area contributed by atoms with Crippen LogP contribution in [0, 0.1) is 5.82 Å². The molecule has 4 aromatic rings. The summed E-state index contributed by atoms with van der Waals surface area (Å²) in [5, 5.41) is 7.99. The Bertz CT molecular complexity index is 1150. The lowest BCUT2D eigenvalue weighted by Gasteiger charge is -2.23. The van der Waals surface area contributed by atoms with Crippen molar-refractivity contribution in [3.63, 3.8) is 0 Å². The van der Waals surface area contributed by atoms with Crippen LogP contribution in [0.1, 0.15) is 19.8 Å². The van der Waals surface area contributed by atoms with E-state index in [1.165, 1.54) is 25.0 Å². The molecule has 1 aromatic carbocycles. The summed E-state index contributed by atoms with van der Waals surface area (Å²) in [7, 11) is 0. The van der Waals surface area contributed by atoms with Crippen LogP contribution in [0.15, 0.2) is 60.9 Å². The van der Waals surface area contributed by atoms with E-state index in [1.54, 1.807) is 29.0 Å². The minimum absolute atomic E-state index is 0.270. The number of benzene rings is 1. The Morgan fingerprint density at radius 1 is 1.14 bits per heavy atom. The van der Waals surface area contributed by atoms with E-state index in [0.717, 1.165) is 35.1 Å². The van der Waals surface area contributed by atoms with Crippen molar-refractivity contribution in [1.82, 2.24) is 19.6 Å². The van der Waals surface area contributed by atoms with Gasteiger partial charge in [-0.1, -0.05) is 6.07 Å². The van der Waals surface area contributed by atoms with E-state index in [0.29, 0.717) is 11.7 Å². The van der Waals surface area contributed by atoms with E-state index in [1.807, 2.05) is 18.2 Å². The Labute approximate surface area is 168 Å². The van der Waals surface area contributed by atoms with Crippen LogP contribution in [-0.4, -0.2) is 32.2 Å². The Kier molecular flexibility index (Phi) is 4.35. The highest BCUT2D eigenvalue weighted by atomic mass is 19.1. The molecule has 3 aromatic heterocycles. The molecule has 0 bridgehead atoms. The minimum Gasteiger partial charge on any atom is -0.354 e. The molecule has 1 unspecified atom stereocenters. The molecule has 6 nitrogen and oxygen atoms in total. The third-order valence-corrected chi connectivity index (χ3v) is 5.34. The average molecular weight is 388 g/mol. The monoisotopic (exact) mass is 388 g/mol. The molecule has 0 saturated carbocycles. The number of pyridine rings is 1. The van der Waals surface area contributed by atoms with Crippen molar-refractivity contribution in [2.24, 2.45) is 0 Å². The highest BCUT2D eigenvalue weighted by molar-refractivity contribution is 5.77. The first-order valence-electron chi connectivity index (χ1n) is 9.78. The first-order valence-corrected chi connectivity index (χ1v) is 9.78. The normalized spacial score (nSPS) is 16.5. The molecule has 7 heteroatoms. The van der Waals surface area contributed by atoms with Crippen LogP contribution in [0.5, 0.6) is 0 Å². The van der Waals surface area contributed by atoms with Crippen molar-refractivity contribution >= 4 is 23.0 Å². The van der Waals surface area contributed by atoms with Gasteiger partial charge in [-0.2, -0.15) is 5.10 Å². The Morgan fingerprint density at radius 2 is 2.00 bits per heavy atom. The Balaban J connectivity index is 1.52. The van der Waals surface area contributed by atoms with Gasteiger partial charge in [-0.25, -0.2) is 18.9 Å². The van der Waals surface area contributed by atoms with E-state index in [-0.39, 0.29) is 5.82 Å². The number of halogens is 1. The zero-order valence-electron chi connectivity index (χ0n) is 16.1. The predicted molar refractivity (Wildman–Crippen MR) is 112 cm³/mol. The number of imidazole rings is 1. The Morgan fingerprint density at radius 3 is 2.79 bits per heavy atom. The number of aromatic nitrogens is 4. The predicted octanol–water partition coefficient (Wildman–Crippen LogP) is 4.66. The van der Waals surface area contributed by atoms with Crippen LogP contribution in [-0.2, 0) is 0 Å². The molecule has 0 radical (unpaired) electrons. The van der Waals surface area contributed by atoms with Gasteiger partial charge < -0.3 is 10.2 Å². The van der Waals surface area contributed by atoms with Gasteiger partial charge in [0.1, 0.15) is 17.5 Å². The lowest BCUT2D eigenvalue weighted by atomic mass is 10.1. The molecular formula is C22H21FN6. The van der Waals surface area contributed by atoms with Crippen LogP contribution < -0.4 is 10.2 Å². The minimum atomic E-state index is -0.270. The molecule has 29 heavy (non-hydrogen) atoms. The molecular weight excluding hydrogens is 367 g/mol. The summed E-state index contributed by atoms with van der Waals surface area (Å²) in [4.78, 5) is 11.6. The lowest BCUT2D eigenvalue weighted by molar-refractivity contribution is 0.628. The van der Waals surface area contributed by atoms with Crippen molar-refractivity contribution < 1.29 is 4.39 Å². The summed E-state index contributed by atoms with van der Waals surface area (Å²) in [5.74, 6) is 1.46. The maximum atomic E-state index is 13.3. The Hall–Kier alpha value is -3.48. The molecule has 1 saturated heterocycles. The molecule has 0 aliphatic carbocycles. The average Bonchev–Trinajstić information content (AvgIpc) is 3.37. The summed E-state index contributed by atoms with van der Waals surface area (Å²) < 4.78 is 15.0. The van der Waals surface area contributed by atoms with E-state index >= 15 is 0 Å². The smallest absolute Gasteiger partial charge is 0.177 e. The summed E-state index contributed by atoms with van der Waals surface area (Å²) >= 11 is 0. The number of nitrogens with zero attached hydrogens (tertiary/aromatic N) is 5. The van der Waals surface area contributed by atoms with Gasteiger partial charge in [0, 0.05) is 30.5 Å². The van der Waals surface area contributed by atoms with Gasteiger partial charge in [-0.3, -0.25) is 0 Å². The second kappa shape index (κ2) is 7.16. The van der Waals surface area contributed by atoms with E-state index < -0.39 is 0 Å². The maximum Gasteiger partial charge on any atom is 0.177 e. The highest BCUT2D eigenvalue weighted by Gasteiger charge is 2.21.